The molecular formula is C22H23ClN2O3. The predicted molar refractivity (Wildman–Crippen MR) is 111 cm³/mol. The van der Waals surface area contributed by atoms with Crippen molar-refractivity contribution in [2.75, 3.05) is 12.4 Å². The predicted octanol–water partition coefficient (Wildman–Crippen LogP) is 4.59. The van der Waals surface area contributed by atoms with Crippen molar-refractivity contribution in [2.24, 2.45) is 5.92 Å². The molecule has 2 N–H and O–H groups in total. The molecule has 0 radical (unpaired) electrons. The highest BCUT2D eigenvalue weighted by Crippen LogP contribution is 2.30. The summed E-state index contributed by atoms with van der Waals surface area (Å²) in [4.78, 5) is 24.1. The van der Waals surface area contributed by atoms with Gasteiger partial charge in [0.25, 0.3) is 0 Å². The highest BCUT2D eigenvalue weighted by Gasteiger charge is 2.29. The molecule has 1 fully saturated rings. The fourth-order valence-corrected chi connectivity index (χ4v) is 2.97. The first kappa shape index (κ1) is 20.0. The second-order valence-electron chi connectivity index (χ2n) is 6.84. The molecule has 146 valence electrons. The second-order valence-corrected chi connectivity index (χ2v) is 7.27. The third-order valence-electron chi connectivity index (χ3n) is 4.59. The van der Waals surface area contributed by atoms with E-state index in [2.05, 4.69) is 10.6 Å². The van der Waals surface area contributed by atoms with Crippen LogP contribution in [0.5, 0.6) is 5.75 Å². The molecule has 1 atom stereocenters. The van der Waals surface area contributed by atoms with Gasteiger partial charge in [0, 0.05) is 28.3 Å². The van der Waals surface area contributed by atoms with Gasteiger partial charge in [-0.25, -0.2) is 0 Å². The molecule has 6 heteroatoms. The Morgan fingerprint density at radius 1 is 1.18 bits per heavy atom. The van der Waals surface area contributed by atoms with Crippen LogP contribution in [0.2, 0.25) is 5.02 Å². The third-order valence-corrected chi connectivity index (χ3v) is 4.83. The molecule has 0 bridgehead atoms. The number of amides is 2. The van der Waals surface area contributed by atoms with Crippen molar-refractivity contribution in [3.05, 3.63) is 64.7 Å². The highest BCUT2D eigenvalue weighted by atomic mass is 35.5. The van der Waals surface area contributed by atoms with Gasteiger partial charge in [-0.05, 0) is 61.7 Å². The maximum Gasteiger partial charge on any atom is 0.244 e. The molecule has 1 aliphatic rings. The number of hydrogen-bond acceptors (Lipinski definition) is 3. The zero-order valence-electron chi connectivity index (χ0n) is 15.9. The summed E-state index contributed by atoms with van der Waals surface area (Å²) >= 11 is 6.00. The summed E-state index contributed by atoms with van der Waals surface area (Å²) in [5.41, 5.74) is 2.45. The number of hydrogen-bond donors (Lipinski definition) is 2. The normalized spacial score (nSPS) is 14.5. The number of halogens is 1. The van der Waals surface area contributed by atoms with Gasteiger partial charge in [-0.3, -0.25) is 9.59 Å². The van der Waals surface area contributed by atoms with Crippen molar-refractivity contribution in [3.8, 4) is 5.75 Å². The highest BCUT2D eigenvalue weighted by molar-refractivity contribution is 6.30. The van der Waals surface area contributed by atoms with Gasteiger partial charge in [0.2, 0.25) is 11.8 Å². The van der Waals surface area contributed by atoms with E-state index in [4.69, 9.17) is 16.3 Å². The Kier molecular flexibility index (Phi) is 6.37. The van der Waals surface area contributed by atoms with Crippen LogP contribution in [-0.2, 0) is 9.59 Å². The Labute approximate surface area is 169 Å². The second kappa shape index (κ2) is 8.93. The lowest BCUT2D eigenvalue weighted by Gasteiger charge is -2.14. The topological polar surface area (TPSA) is 67.4 Å². The molecule has 2 aromatic carbocycles. The maximum atomic E-state index is 12.3. The molecule has 0 spiro atoms. The molecule has 3 rings (SSSR count). The molecule has 0 heterocycles. The summed E-state index contributed by atoms with van der Waals surface area (Å²) in [7, 11) is 1.57. The van der Waals surface area contributed by atoms with Gasteiger partial charge in [0.1, 0.15) is 5.75 Å². The number of benzene rings is 2. The van der Waals surface area contributed by atoms with Crippen LogP contribution < -0.4 is 15.4 Å². The van der Waals surface area contributed by atoms with Crippen molar-refractivity contribution in [1.82, 2.24) is 5.32 Å². The Morgan fingerprint density at radius 3 is 2.54 bits per heavy atom. The first-order valence-corrected chi connectivity index (χ1v) is 9.57. The van der Waals surface area contributed by atoms with E-state index in [0.29, 0.717) is 10.8 Å². The van der Waals surface area contributed by atoms with E-state index < -0.39 is 0 Å². The van der Waals surface area contributed by atoms with Gasteiger partial charge in [-0.1, -0.05) is 23.7 Å². The number of rotatable bonds is 7. The SMILES string of the molecule is COc1ccc(Cl)cc1/C=C/C(=O)NC(C)c1ccc(NC(=O)C2CC2)cc1. The molecular weight excluding hydrogens is 376 g/mol. The molecule has 2 aromatic rings. The Balaban J connectivity index is 1.57. The fraction of sp³-hybridized carbons (Fsp3) is 0.273. The molecule has 0 saturated heterocycles. The van der Waals surface area contributed by atoms with Crippen molar-refractivity contribution < 1.29 is 14.3 Å². The smallest absolute Gasteiger partial charge is 0.244 e. The van der Waals surface area contributed by atoms with Crippen molar-refractivity contribution in [3.63, 3.8) is 0 Å². The largest absolute Gasteiger partial charge is 0.496 e. The van der Waals surface area contributed by atoms with Crippen molar-refractivity contribution in [2.45, 2.75) is 25.8 Å². The molecule has 5 nitrogen and oxygen atoms in total. The number of carbonyl (C=O) groups excluding carboxylic acids is 2. The van der Waals surface area contributed by atoms with Gasteiger partial charge >= 0.3 is 0 Å². The number of nitrogens with one attached hydrogen (secondary N) is 2. The van der Waals surface area contributed by atoms with E-state index in [1.807, 2.05) is 31.2 Å². The van der Waals surface area contributed by atoms with E-state index in [0.717, 1.165) is 29.7 Å². The summed E-state index contributed by atoms with van der Waals surface area (Å²) in [6.07, 6.45) is 5.07. The van der Waals surface area contributed by atoms with Gasteiger partial charge in [-0.2, -0.15) is 0 Å². The zero-order valence-corrected chi connectivity index (χ0v) is 16.6. The van der Waals surface area contributed by atoms with Crippen LogP contribution in [0.1, 0.15) is 36.9 Å². The van der Waals surface area contributed by atoms with E-state index in [-0.39, 0.29) is 23.8 Å². The molecule has 1 aliphatic carbocycles. The lowest BCUT2D eigenvalue weighted by Crippen LogP contribution is -2.24. The van der Waals surface area contributed by atoms with E-state index in [1.165, 1.54) is 6.08 Å². The average Bonchev–Trinajstić information content (AvgIpc) is 3.52. The van der Waals surface area contributed by atoms with E-state index in [1.54, 1.807) is 31.4 Å². The minimum Gasteiger partial charge on any atom is -0.496 e. The molecule has 0 aromatic heterocycles. The van der Waals surface area contributed by atoms with Crippen LogP contribution in [0.3, 0.4) is 0 Å². The summed E-state index contributed by atoms with van der Waals surface area (Å²) in [6, 6.07) is 12.6. The number of carbonyl (C=O) groups is 2. The zero-order chi connectivity index (χ0) is 20.1. The summed E-state index contributed by atoms with van der Waals surface area (Å²) in [5, 5.41) is 6.40. The molecule has 1 unspecified atom stereocenters. The number of methoxy groups -OCH3 is 1. The third kappa shape index (κ3) is 5.36. The lowest BCUT2D eigenvalue weighted by atomic mass is 10.1. The lowest BCUT2D eigenvalue weighted by molar-refractivity contribution is -0.118. The molecule has 28 heavy (non-hydrogen) atoms. The van der Waals surface area contributed by atoms with Gasteiger partial charge in [0.05, 0.1) is 13.2 Å². The van der Waals surface area contributed by atoms with Crippen LogP contribution >= 0.6 is 11.6 Å². The van der Waals surface area contributed by atoms with E-state index >= 15 is 0 Å². The van der Waals surface area contributed by atoms with Crippen LogP contribution in [0.4, 0.5) is 5.69 Å². The van der Waals surface area contributed by atoms with Crippen LogP contribution in [-0.4, -0.2) is 18.9 Å². The number of ether oxygens (including phenoxy) is 1. The first-order valence-electron chi connectivity index (χ1n) is 9.19. The Bertz CT molecular complexity index is 889. The average molecular weight is 399 g/mol. The van der Waals surface area contributed by atoms with Crippen molar-refractivity contribution >= 4 is 35.2 Å². The summed E-state index contributed by atoms with van der Waals surface area (Å²) < 4.78 is 5.27. The summed E-state index contributed by atoms with van der Waals surface area (Å²) in [6.45, 7) is 1.91. The quantitative estimate of drug-likeness (QED) is 0.670. The van der Waals surface area contributed by atoms with Crippen LogP contribution in [0.15, 0.2) is 48.5 Å². The molecule has 1 saturated carbocycles. The summed E-state index contributed by atoms with van der Waals surface area (Å²) in [5.74, 6) is 0.671. The van der Waals surface area contributed by atoms with Gasteiger partial charge < -0.3 is 15.4 Å². The maximum absolute atomic E-state index is 12.3. The Morgan fingerprint density at radius 2 is 1.89 bits per heavy atom. The standard InChI is InChI=1S/C22H23ClN2O3/c1-14(15-5-9-19(10-6-15)25-22(27)16-3-4-16)24-21(26)12-7-17-13-18(23)8-11-20(17)28-2/h5-14,16H,3-4H2,1-2H3,(H,24,26)(H,25,27)/b12-7+. The van der Waals surface area contributed by atoms with Gasteiger partial charge in [-0.15, -0.1) is 0 Å². The van der Waals surface area contributed by atoms with Crippen molar-refractivity contribution in [1.29, 1.82) is 0 Å². The van der Waals surface area contributed by atoms with Gasteiger partial charge in [0.15, 0.2) is 0 Å². The minimum atomic E-state index is -0.222. The Hall–Kier alpha value is -2.79. The monoisotopic (exact) mass is 398 g/mol. The van der Waals surface area contributed by atoms with Crippen LogP contribution in [0.25, 0.3) is 6.08 Å². The minimum absolute atomic E-state index is 0.0793. The number of anilines is 1. The molecule has 2 amide bonds. The fourth-order valence-electron chi connectivity index (χ4n) is 2.79. The molecule has 0 aliphatic heterocycles. The first-order chi connectivity index (χ1) is 13.5. The van der Waals surface area contributed by atoms with Crippen LogP contribution in [0, 0.1) is 5.92 Å². The van der Waals surface area contributed by atoms with E-state index in [9.17, 15) is 9.59 Å².